The highest BCUT2D eigenvalue weighted by atomic mass is 16.5. The number of hydrogen-bond acceptors (Lipinski definition) is 2. The summed E-state index contributed by atoms with van der Waals surface area (Å²) < 4.78 is 4.70. The Kier molecular flexibility index (Phi) is 12.7. The van der Waals surface area contributed by atoms with Gasteiger partial charge in [-0.25, -0.2) is 0 Å². The molecule has 0 N–H and O–H groups in total. The summed E-state index contributed by atoms with van der Waals surface area (Å²) in [4.78, 5) is 10.5. The number of carbonyl (C=O) groups excluding carboxylic acids is 1. The summed E-state index contributed by atoms with van der Waals surface area (Å²) in [5.74, 6) is -0.242. The lowest BCUT2D eigenvalue weighted by Crippen LogP contribution is -1.89. The number of unbranched alkanes of at least 4 members (excludes halogenated alkanes) is 9. The first-order chi connectivity index (χ1) is 8.27. The Morgan fingerprint density at radius 3 is 2.00 bits per heavy atom. The van der Waals surface area contributed by atoms with Crippen LogP contribution in [-0.4, -0.2) is 5.97 Å². The molecule has 0 atom stereocenters. The molecule has 0 aliphatic rings. The van der Waals surface area contributed by atoms with Gasteiger partial charge in [-0.2, -0.15) is 0 Å². The van der Waals surface area contributed by atoms with Gasteiger partial charge >= 0.3 is 5.97 Å². The van der Waals surface area contributed by atoms with E-state index < -0.39 is 0 Å². The predicted molar refractivity (Wildman–Crippen MR) is 72.8 cm³/mol. The van der Waals surface area contributed by atoms with Crippen LogP contribution in [0.5, 0.6) is 0 Å². The maximum atomic E-state index is 10.5. The molecule has 0 saturated heterocycles. The molecule has 17 heavy (non-hydrogen) atoms. The third kappa shape index (κ3) is 15.2. The number of esters is 1. The molecule has 0 unspecified atom stereocenters. The average molecular weight is 240 g/mol. The van der Waals surface area contributed by atoms with Crippen molar-refractivity contribution in [2.24, 2.45) is 0 Å². The van der Waals surface area contributed by atoms with Gasteiger partial charge in [-0.15, -0.1) is 0 Å². The molecular formula is C15H28O2. The molecular weight excluding hydrogens is 212 g/mol. The maximum Gasteiger partial charge on any atom is 0.307 e. The van der Waals surface area contributed by atoms with Crippen molar-refractivity contribution in [3.63, 3.8) is 0 Å². The molecule has 0 amide bonds. The highest BCUT2D eigenvalue weighted by Crippen LogP contribution is 2.10. The zero-order valence-corrected chi connectivity index (χ0v) is 11.5. The summed E-state index contributed by atoms with van der Waals surface area (Å²) >= 11 is 0. The molecule has 0 rings (SSSR count). The van der Waals surface area contributed by atoms with E-state index in [-0.39, 0.29) is 5.97 Å². The molecule has 0 aromatic carbocycles. The molecule has 0 aliphatic heterocycles. The highest BCUT2D eigenvalue weighted by molar-refractivity contribution is 5.66. The van der Waals surface area contributed by atoms with Gasteiger partial charge in [0.15, 0.2) is 0 Å². The fourth-order valence-corrected chi connectivity index (χ4v) is 1.78. The van der Waals surface area contributed by atoms with E-state index in [4.69, 9.17) is 4.74 Å². The van der Waals surface area contributed by atoms with Crippen molar-refractivity contribution in [1.82, 2.24) is 0 Å². The SMILES string of the molecule is CCCCCCCCCCC/C=C/OC(C)=O. The molecule has 0 spiro atoms. The van der Waals surface area contributed by atoms with Gasteiger partial charge in [0, 0.05) is 6.92 Å². The lowest BCUT2D eigenvalue weighted by molar-refractivity contribution is -0.135. The Bertz CT molecular complexity index is 197. The zero-order valence-electron chi connectivity index (χ0n) is 11.5. The second-order valence-electron chi connectivity index (χ2n) is 4.60. The minimum Gasteiger partial charge on any atom is -0.435 e. The Labute approximate surface area is 106 Å². The molecule has 2 nitrogen and oxygen atoms in total. The van der Waals surface area contributed by atoms with Crippen LogP contribution in [0.3, 0.4) is 0 Å². The molecule has 2 heteroatoms. The van der Waals surface area contributed by atoms with Crippen molar-refractivity contribution < 1.29 is 9.53 Å². The maximum absolute atomic E-state index is 10.5. The van der Waals surface area contributed by atoms with Crippen LogP contribution in [0.2, 0.25) is 0 Å². The van der Waals surface area contributed by atoms with Gasteiger partial charge in [0.05, 0.1) is 6.26 Å². The van der Waals surface area contributed by atoms with Crippen molar-refractivity contribution in [2.75, 3.05) is 0 Å². The fraction of sp³-hybridized carbons (Fsp3) is 0.800. The lowest BCUT2D eigenvalue weighted by atomic mass is 10.1. The average Bonchev–Trinajstić information content (AvgIpc) is 2.30. The van der Waals surface area contributed by atoms with Gasteiger partial charge in [-0.1, -0.05) is 58.3 Å². The standard InChI is InChI=1S/C15H28O2/c1-3-4-5-6-7-8-9-10-11-12-13-14-17-15(2)16/h13-14H,3-12H2,1-2H3/b14-13+. The van der Waals surface area contributed by atoms with Crippen molar-refractivity contribution >= 4 is 5.97 Å². The zero-order chi connectivity index (χ0) is 12.8. The van der Waals surface area contributed by atoms with Crippen LogP contribution >= 0.6 is 0 Å². The molecule has 0 heterocycles. The van der Waals surface area contributed by atoms with Crippen LogP contribution in [0.25, 0.3) is 0 Å². The van der Waals surface area contributed by atoms with E-state index in [1.165, 1.54) is 71.0 Å². The first-order valence-corrected chi connectivity index (χ1v) is 7.09. The first-order valence-electron chi connectivity index (χ1n) is 7.09. The Morgan fingerprint density at radius 2 is 1.47 bits per heavy atom. The summed E-state index contributed by atoms with van der Waals surface area (Å²) in [6.07, 6.45) is 16.6. The molecule has 0 bridgehead atoms. The second kappa shape index (κ2) is 13.3. The van der Waals surface area contributed by atoms with E-state index in [0.717, 1.165) is 6.42 Å². The van der Waals surface area contributed by atoms with Gasteiger partial charge in [-0.3, -0.25) is 4.79 Å². The molecule has 0 aromatic rings. The second-order valence-corrected chi connectivity index (χ2v) is 4.60. The first kappa shape index (κ1) is 16.2. The van der Waals surface area contributed by atoms with Crippen LogP contribution in [0.4, 0.5) is 0 Å². The van der Waals surface area contributed by atoms with E-state index in [2.05, 4.69) is 6.92 Å². The number of allylic oxidation sites excluding steroid dienone is 1. The van der Waals surface area contributed by atoms with Gasteiger partial charge in [0.25, 0.3) is 0 Å². The number of carbonyl (C=O) groups is 1. The van der Waals surface area contributed by atoms with Crippen molar-refractivity contribution in [2.45, 2.75) is 78.1 Å². The summed E-state index contributed by atoms with van der Waals surface area (Å²) in [5, 5.41) is 0. The molecule has 0 saturated carbocycles. The normalized spacial score (nSPS) is 10.9. The molecule has 0 aromatic heterocycles. The van der Waals surface area contributed by atoms with E-state index in [0.29, 0.717) is 0 Å². The van der Waals surface area contributed by atoms with Crippen molar-refractivity contribution in [3.05, 3.63) is 12.3 Å². The minimum absolute atomic E-state index is 0.242. The smallest absolute Gasteiger partial charge is 0.307 e. The number of hydrogen-bond donors (Lipinski definition) is 0. The summed E-state index contributed by atoms with van der Waals surface area (Å²) in [6, 6.07) is 0. The fourth-order valence-electron chi connectivity index (χ4n) is 1.78. The molecule has 100 valence electrons. The third-order valence-corrected chi connectivity index (χ3v) is 2.80. The van der Waals surface area contributed by atoms with Crippen LogP contribution in [0.15, 0.2) is 12.3 Å². The molecule has 0 fully saturated rings. The molecule has 0 aliphatic carbocycles. The Hall–Kier alpha value is -0.790. The largest absolute Gasteiger partial charge is 0.435 e. The van der Waals surface area contributed by atoms with E-state index >= 15 is 0 Å². The number of ether oxygens (including phenoxy) is 1. The van der Waals surface area contributed by atoms with Gasteiger partial charge in [0.1, 0.15) is 0 Å². The van der Waals surface area contributed by atoms with E-state index in [1.807, 2.05) is 6.08 Å². The van der Waals surface area contributed by atoms with Gasteiger partial charge in [0.2, 0.25) is 0 Å². The van der Waals surface area contributed by atoms with Gasteiger partial charge in [-0.05, 0) is 18.9 Å². The van der Waals surface area contributed by atoms with Crippen molar-refractivity contribution in [1.29, 1.82) is 0 Å². The van der Waals surface area contributed by atoms with Crippen LogP contribution in [0.1, 0.15) is 78.1 Å². The minimum atomic E-state index is -0.242. The number of rotatable bonds is 11. The van der Waals surface area contributed by atoms with Crippen LogP contribution in [0, 0.1) is 0 Å². The monoisotopic (exact) mass is 240 g/mol. The van der Waals surface area contributed by atoms with Crippen LogP contribution in [-0.2, 0) is 9.53 Å². The van der Waals surface area contributed by atoms with E-state index in [9.17, 15) is 4.79 Å². The quantitative estimate of drug-likeness (QED) is 0.289. The summed E-state index contributed by atoms with van der Waals surface area (Å²) in [7, 11) is 0. The lowest BCUT2D eigenvalue weighted by Gasteiger charge is -2.00. The third-order valence-electron chi connectivity index (χ3n) is 2.80. The summed E-state index contributed by atoms with van der Waals surface area (Å²) in [5.41, 5.74) is 0. The Balaban J connectivity index is 3.03. The van der Waals surface area contributed by atoms with Crippen molar-refractivity contribution in [3.8, 4) is 0 Å². The van der Waals surface area contributed by atoms with Gasteiger partial charge < -0.3 is 4.74 Å². The Morgan fingerprint density at radius 1 is 0.941 bits per heavy atom. The summed E-state index contributed by atoms with van der Waals surface area (Å²) in [6.45, 7) is 3.67. The predicted octanol–water partition coefficient (Wildman–Crippen LogP) is 4.98. The highest BCUT2D eigenvalue weighted by Gasteiger charge is 1.91. The van der Waals surface area contributed by atoms with E-state index in [1.54, 1.807) is 0 Å². The molecule has 0 radical (unpaired) electrons. The topological polar surface area (TPSA) is 26.3 Å². The van der Waals surface area contributed by atoms with Crippen LogP contribution < -0.4 is 0 Å².